The van der Waals surface area contributed by atoms with Crippen molar-refractivity contribution < 1.29 is 4.79 Å². The maximum Gasteiger partial charge on any atom is 0.223 e. The van der Waals surface area contributed by atoms with Crippen LogP contribution in [0.3, 0.4) is 0 Å². The quantitative estimate of drug-likeness (QED) is 0.526. The monoisotopic (exact) mass is 139 g/mol. The molecule has 1 rings (SSSR count). The molecule has 1 aliphatic rings. The van der Waals surface area contributed by atoms with Crippen molar-refractivity contribution in [3.63, 3.8) is 0 Å². The molecular formula is C8H13NO. The molecule has 2 nitrogen and oxygen atoms in total. The fourth-order valence-electron chi connectivity index (χ4n) is 1.41. The molecule has 1 aliphatic heterocycles. The van der Waals surface area contributed by atoms with Gasteiger partial charge in [0.2, 0.25) is 5.91 Å². The Morgan fingerprint density at radius 2 is 2.60 bits per heavy atom. The van der Waals surface area contributed by atoms with E-state index < -0.39 is 0 Å². The van der Waals surface area contributed by atoms with E-state index in [1.165, 1.54) is 0 Å². The average molecular weight is 139 g/mol. The molecule has 1 heterocycles. The van der Waals surface area contributed by atoms with Crippen molar-refractivity contribution in [1.29, 1.82) is 0 Å². The lowest BCUT2D eigenvalue weighted by Gasteiger charge is -2.19. The van der Waals surface area contributed by atoms with Crippen LogP contribution < -0.4 is 0 Å². The van der Waals surface area contributed by atoms with Gasteiger partial charge < -0.3 is 4.90 Å². The maximum absolute atomic E-state index is 11.1. The van der Waals surface area contributed by atoms with Crippen molar-refractivity contribution in [3.05, 3.63) is 12.7 Å². The Kier molecular flexibility index (Phi) is 2.10. The van der Waals surface area contributed by atoms with Crippen LogP contribution >= 0.6 is 0 Å². The smallest absolute Gasteiger partial charge is 0.223 e. The van der Waals surface area contributed by atoms with E-state index in [0.717, 1.165) is 13.0 Å². The zero-order valence-corrected chi connectivity index (χ0v) is 6.34. The fraction of sp³-hybridized carbons (Fsp3) is 0.625. The number of nitrogens with zero attached hydrogens (tertiary/aromatic N) is 1. The molecule has 1 fully saturated rings. The minimum Gasteiger partial charge on any atom is -0.337 e. The molecule has 2 heteroatoms. The van der Waals surface area contributed by atoms with E-state index in [-0.39, 0.29) is 5.91 Å². The highest BCUT2D eigenvalue weighted by molar-refractivity contribution is 5.79. The fourth-order valence-corrected chi connectivity index (χ4v) is 1.41. The van der Waals surface area contributed by atoms with Crippen LogP contribution in [0.1, 0.15) is 19.8 Å². The third kappa shape index (κ3) is 1.06. The summed E-state index contributed by atoms with van der Waals surface area (Å²) in [5.74, 6) is 0.271. The number of rotatable bonds is 2. The zero-order valence-electron chi connectivity index (χ0n) is 6.34. The van der Waals surface area contributed by atoms with Gasteiger partial charge in [0.15, 0.2) is 0 Å². The van der Waals surface area contributed by atoms with E-state index in [2.05, 4.69) is 6.58 Å². The molecule has 0 saturated carbocycles. The van der Waals surface area contributed by atoms with E-state index in [9.17, 15) is 4.79 Å². The molecule has 56 valence electrons. The molecule has 0 aromatic heterocycles. The van der Waals surface area contributed by atoms with E-state index in [1.54, 1.807) is 0 Å². The molecule has 0 radical (unpaired) electrons. The van der Waals surface area contributed by atoms with Crippen LogP contribution in [0.25, 0.3) is 0 Å². The molecule has 1 unspecified atom stereocenters. The molecule has 1 atom stereocenters. The Morgan fingerprint density at radius 3 is 3.00 bits per heavy atom. The molecule has 0 aliphatic carbocycles. The van der Waals surface area contributed by atoms with Gasteiger partial charge in [-0.05, 0) is 13.3 Å². The number of carbonyl (C=O) groups is 1. The topological polar surface area (TPSA) is 20.3 Å². The zero-order chi connectivity index (χ0) is 7.56. The Bertz CT molecular complexity index is 153. The number of carbonyl (C=O) groups excluding carboxylic acids is 1. The predicted octanol–water partition coefficient (Wildman–Crippen LogP) is 1.18. The minimum atomic E-state index is 0.271. The van der Waals surface area contributed by atoms with Crippen LogP contribution in [0.4, 0.5) is 0 Å². The standard InChI is InChI=1S/C8H13NO/c1-3-7-5-6-8(10)9(7)4-2/h3,7H,1,4-6H2,2H3. The van der Waals surface area contributed by atoms with Crippen LogP contribution in [0, 0.1) is 0 Å². The van der Waals surface area contributed by atoms with Crippen LogP contribution in [-0.2, 0) is 4.79 Å². The number of likely N-dealkylation sites (N-methyl/N-ethyl adjacent to an activating group) is 1. The van der Waals surface area contributed by atoms with Crippen LogP contribution in [0.5, 0.6) is 0 Å². The van der Waals surface area contributed by atoms with Crippen molar-refractivity contribution in [2.45, 2.75) is 25.8 Å². The highest BCUT2D eigenvalue weighted by atomic mass is 16.2. The average Bonchev–Trinajstić information content (AvgIpc) is 2.30. The van der Waals surface area contributed by atoms with E-state index in [1.807, 2.05) is 17.9 Å². The summed E-state index contributed by atoms with van der Waals surface area (Å²) in [6.45, 7) is 6.50. The molecule has 0 bridgehead atoms. The lowest BCUT2D eigenvalue weighted by molar-refractivity contribution is -0.128. The molecule has 10 heavy (non-hydrogen) atoms. The van der Waals surface area contributed by atoms with Crippen molar-refractivity contribution in [3.8, 4) is 0 Å². The lowest BCUT2D eigenvalue weighted by atomic mass is 10.2. The molecule has 0 aromatic carbocycles. The predicted molar refractivity (Wildman–Crippen MR) is 40.6 cm³/mol. The summed E-state index contributed by atoms with van der Waals surface area (Å²) in [5, 5.41) is 0. The van der Waals surface area contributed by atoms with Gasteiger partial charge in [0.25, 0.3) is 0 Å². The van der Waals surface area contributed by atoms with Gasteiger partial charge >= 0.3 is 0 Å². The first-order valence-electron chi connectivity index (χ1n) is 3.71. The number of likely N-dealkylation sites (tertiary alicyclic amines) is 1. The first-order chi connectivity index (χ1) is 4.79. The molecule has 0 spiro atoms. The first-order valence-corrected chi connectivity index (χ1v) is 3.71. The summed E-state index contributed by atoms with van der Waals surface area (Å²) in [7, 11) is 0. The van der Waals surface area contributed by atoms with Crippen LogP contribution in [0.15, 0.2) is 12.7 Å². The minimum absolute atomic E-state index is 0.271. The third-order valence-electron chi connectivity index (χ3n) is 1.99. The Morgan fingerprint density at radius 1 is 1.90 bits per heavy atom. The van der Waals surface area contributed by atoms with Crippen molar-refractivity contribution in [2.75, 3.05) is 6.54 Å². The van der Waals surface area contributed by atoms with Gasteiger partial charge in [-0.15, -0.1) is 6.58 Å². The number of hydrogen-bond acceptors (Lipinski definition) is 1. The second-order valence-electron chi connectivity index (χ2n) is 2.52. The van der Waals surface area contributed by atoms with Gasteiger partial charge in [-0.2, -0.15) is 0 Å². The lowest BCUT2D eigenvalue weighted by Crippen LogP contribution is -2.30. The third-order valence-corrected chi connectivity index (χ3v) is 1.99. The summed E-state index contributed by atoms with van der Waals surface area (Å²) in [5.41, 5.74) is 0. The molecule has 1 amide bonds. The number of hydrogen-bond donors (Lipinski definition) is 0. The van der Waals surface area contributed by atoms with Gasteiger partial charge in [0.05, 0.1) is 6.04 Å². The SMILES string of the molecule is C=CC1CCC(=O)N1CC. The second kappa shape index (κ2) is 2.86. The van der Waals surface area contributed by atoms with Gasteiger partial charge in [0.1, 0.15) is 0 Å². The Labute approximate surface area is 61.5 Å². The first kappa shape index (κ1) is 7.32. The molecular weight excluding hydrogens is 126 g/mol. The van der Waals surface area contributed by atoms with Gasteiger partial charge in [-0.3, -0.25) is 4.79 Å². The molecule has 1 saturated heterocycles. The van der Waals surface area contributed by atoms with Gasteiger partial charge in [-0.1, -0.05) is 6.08 Å². The molecule has 0 N–H and O–H groups in total. The van der Waals surface area contributed by atoms with Crippen molar-refractivity contribution in [2.24, 2.45) is 0 Å². The summed E-state index contributed by atoms with van der Waals surface area (Å²) in [4.78, 5) is 12.9. The summed E-state index contributed by atoms with van der Waals surface area (Å²) < 4.78 is 0. The highest BCUT2D eigenvalue weighted by Gasteiger charge is 2.26. The van der Waals surface area contributed by atoms with Crippen molar-refractivity contribution in [1.82, 2.24) is 4.90 Å². The summed E-state index contributed by atoms with van der Waals surface area (Å²) >= 11 is 0. The largest absolute Gasteiger partial charge is 0.337 e. The summed E-state index contributed by atoms with van der Waals surface area (Å²) in [6, 6.07) is 0.303. The number of amides is 1. The maximum atomic E-state index is 11.1. The Hall–Kier alpha value is -0.790. The summed E-state index contributed by atoms with van der Waals surface area (Å²) in [6.07, 6.45) is 3.51. The van der Waals surface area contributed by atoms with Crippen LogP contribution in [0.2, 0.25) is 0 Å². The van der Waals surface area contributed by atoms with Gasteiger partial charge in [-0.25, -0.2) is 0 Å². The normalized spacial score (nSPS) is 25.5. The highest BCUT2D eigenvalue weighted by Crippen LogP contribution is 2.18. The second-order valence-corrected chi connectivity index (χ2v) is 2.52. The van der Waals surface area contributed by atoms with Gasteiger partial charge in [0, 0.05) is 13.0 Å². The van der Waals surface area contributed by atoms with E-state index in [4.69, 9.17) is 0 Å². The van der Waals surface area contributed by atoms with E-state index in [0.29, 0.717) is 12.5 Å². The van der Waals surface area contributed by atoms with Crippen molar-refractivity contribution >= 4 is 5.91 Å². The van der Waals surface area contributed by atoms with E-state index >= 15 is 0 Å². The Balaban J connectivity index is 2.62. The molecule has 0 aromatic rings. The van der Waals surface area contributed by atoms with Crippen LogP contribution in [-0.4, -0.2) is 23.4 Å².